The zero-order valence-corrected chi connectivity index (χ0v) is 17.4. The van der Waals surface area contributed by atoms with E-state index in [9.17, 15) is 19.2 Å². The number of ketones is 1. The van der Waals surface area contributed by atoms with Gasteiger partial charge >= 0.3 is 18.2 Å². The Bertz CT molecular complexity index is 760. The van der Waals surface area contributed by atoms with E-state index in [0.29, 0.717) is 4.90 Å². The Morgan fingerprint density at radius 2 is 1.36 bits per heavy atom. The Morgan fingerprint density at radius 3 is 1.71 bits per heavy atom. The van der Waals surface area contributed by atoms with E-state index in [0.717, 1.165) is 7.11 Å². The van der Waals surface area contributed by atoms with Gasteiger partial charge in [0.15, 0.2) is 11.6 Å². The maximum atomic E-state index is 12.8. The normalized spacial score (nSPS) is 11.4. The minimum absolute atomic E-state index is 0.0558. The lowest BCUT2D eigenvalue weighted by Gasteiger charge is -2.28. The van der Waals surface area contributed by atoms with Crippen LogP contribution in [0, 0.1) is 0 Å². The van der Waals surface area contributed by atoms with E-state index in [4.69, 9.17) is 14.2 Å². The van der Waals surface area contributed by atoms with Crippen LogP contribution in [0.2, 0.25) is 0 Å². The molecule has 1 heterocycles. The Balaban J connectivity index is 3.64. The first-order valence-electron chi connectivity index (χ1n) is 8.52. The molecule has 9 heteroatoms. The molecule has 0 spiro atoms. The van der Waals surface area contributed by atoms with Crippen molar-refractivity contribution in [3.05, 3.63) is 23.4 Å². The molecule has 0 N–H and O–H groups in total. The summed E-state index contributed by atoms with van der Waals surface area (Å²) in [5, 5.41) is 0. The molecular weight excluding hydrogens is 368 g/mol. The van der Waals surface area contributed by atoms with Gasteiger partial charge in [0.25, 0.3) is 0 Å². The summed E-state index contributed by atoms with van der Waals surface area (Å²) in [6.07, 6.45) is -2.22. The van der Waals surface area contributed by atoms with Crippen LogP contribution in [-0.4, -0.2) is 47.2 Å². The molecule has 0 aliphatic carbocycles. The topological polar surface area (TPSA) is 112 Å². The van der Waals surface area contributed by atoms with Crippen molar-refractivity contribution in [1.82, 2.24) is 4.98 Å². The van der Waals surface area contributed by atoms with Gasteiger partial charge in [-0.1, -0.05) is 0 Å². The zero-order chi connectivity index (χ0) is 21.9. The first-order chi connectivity index (χ1) is 12.7. The number of amides is 2. The Labute approximate surface area is 164 Å². The predicted octanol–water partition coefficient (Wildman–Crippen LogP) is 3.75. The van der Waals surface area contributed by atoms with Crippen molar-refractivity contribution in [1.29, 1.82) is 0 Å². The van der Waals surface area contributed by atoms with Gasteiger partial charge in [0, 0.05) is 6.92 Å². The van der Waals surface area contributed by atoms with Crippen LogP contribution in [0.4, 0.5) is 15.4 Å². The molecule has 1 aromatic rings. The van der Waals surface area contributed by atoms with Gasteiger partial charge < -0.3 is 14.2 Å². The molecule has 0 bridgehead atoms. The molecule has 0 saturated heterocycles. The number of imide groups is 1. The lowest BCUT2D eigenvalue weighted by atomic mass is 10.2. The second kappa shape index (κ2) is 8.37. The summed E-state index contributed by atoms with van der Waals surface area (Å²) in [7, 11) is 1.14. The van der Waals surface area contributed by atoms with Gasteiger partial charge in [-0.15, -0.1) is 0 Å². The first-order valence-corrected chi connectivity index (χ1v) is 8.52. The van der Waals surface area contributed by atoms with E-state index < -0.39 is 41.0 Å². The summed E-state index contributed by atoms with van der Waals surface area (Å²) in [6.45, 7) is 10.9. The summed E-state index contributed by atoms with van der Waals surface area (Å²) in [5.74, 6) is -1.69. The Hall–Kier alpha value is -2.97. The van der Waals surface area contributed by atoms with Crippen LogP contribution in [0.1, 0.15) is 69.3 Å². The van der Waals surface area contributed by atoms with E-state index >= 15 is 0 Å². The fraction of sp³-hybridized carbons (Fsp3) is 0.526. The van der Waals surface area contributed by atoms with Crippen LogP contribution >= 0.6 is 0 Å². The number of methoxy groups -OCH3 is 1. The van der Waals surface area contributed by atoms with Crippen LogP contribution in [0.25, 0.3) is 0 Å². The van der Waals surface area contributed by atoms with Crippen LogP contribution in [0.3, 0.4) is 0 Å². The second-order valence-electron chi connectivity index (χ2n) is 7.91. The number of hydrogen-bond acceptors (Lipinski definition) is 8. The number of ether oxygens (including phenoxy) is 3. The lowest BCUT2D eigenvalue weighted by Crippen LogP contribution is -2.45. The number of hydrogen-bond donors (Lipinski definition) is 0. The number of Topliss-reactive ketones (excluding diaryl/α,β-unsaturated/α-hetero) is 1. The highest BCUT2D eigenvalue weighted by molar-refractivity contribution is 6.13. The molecule has 0 fully saturated rings. The molecule has 9 nitrogen and oxygen atoms in total. The fourth-order valence-corrected chi connectivity index (χ4v) is 1.95. The van der Waals surface area contributed by atoms with Gasteiger partial charge in [-0.2, -0.15) is 4.90 Å². The van der Waals surface area contributed by atoms with E-state index in [2.05, 4.69) is 4.98 Å². The number of carbonyl (C=O) groups excluding carboxylic acids is 4. The third-order valence-corrected chi connectivity index (χ3v) is 3.01. The standard InChI is InChI=1S/C19H26N2O7/c1-11(22)13-10-9-12(15(23)26-8)14(20-13)21(16(24)27-18(2,3)4)17(25)28-19(5,6)7/h9-10H,1-8H3. The van der Waals surface area contributed by atoms with E-state index in [1.165, 1.54) is 19.1 Å². The maximum Gasteiger partial charge on any atom is 0.425 e. The second-order valence-corrected chi connectivity index (χ2v) is 7.91. The van der Waals surface area contributed by atoms with Gasteiger partial charge in [0.1, 0.15) is 22.5 Å². The molecule has 0 aromatic carbocycles. The van der Waals surface area contributed by atoms with Crippen molar-refractivity contribution < 1.29 is 33.4 Å². The highest BCUT2D eigenvalue weighted by Gasteiger charge is 2.36. The number of nitrogens with zero attached hydrogens (tertiary/aromatic N) is 2. The average Bonchev–Trinajstić information content (AvgIpc) is 2.50. The van der Waals surface area contributed by atoms with Gasteiger partial charge in [-0.3, -0.25) is 4.79 Å². The zero-order valence-electron chi connectivity index (χ0n) is 17.4. The van der Waals surface area contributed by atoms with Crippen molar-refractivity contribution in [2.45, 2.75) is 59.7 Å². The number of carbonyl (C=O) groups is 4. The molecule has 0 unspecified atom stereocenters. The van der Waals surface area contributed by atoms with Gasteiger partial charge in [-0.05, 0) is 53.7 Å². The summed E-state index contributed by atoms with van der Waals surface area (Å²) in [6, 6.07) is 2.53. The molecule has 154 valence electrons. The van der Waals surface area contributed by atoms with Crippen LogP contribution in [-0.2, 0) is 14.2 Å². The number of rotatable bonds is 3. The van der Waals surface area contributed by atoms with Crippen LogP contribution < -0.4 is 4.90 Å². The molecule has 0 aliphatic rings. The fourth-order valence-electron chi connectivity index (χ4n) is 1.95. The van der Waals surface area contributed by atoms with Crippen LogP contribution in [0.5, 0.6) is 0 Å². The van der Waals surface area contributed by atoms with Crippen LogP contribution in [0.15, 0.2) is 12.1 Å². The number of aromatic nitrogens is 1. The number of esters is 1. The summed E-state index contributed by atoms with van der Waals surface area (Å²) in [5.41, 5.74) is -2.15. The summed E-state index contributed by atoms with van der Waals surface area (Å²) < 4.78 is 15.2. The monoisotopic (exact) mass is 394 g/mol. The largest absolute Gasteiger partial charge is 0.465 e. The van der Waals surface area contributed by atoms with Gasteiger partial charge in [0.05, 0.1) is 7.11 Å². The van der Waals surface area contributed by atoms with E-state index in [1.807, 2.05) is 0 Å². The molecular formula is C19H26N2O7. The Morgan fingerprint density at radius 1 is 0.893 bits per heavy atom. The van der Waals surface area contributed by atoms with Gasteiger partial charge in [0.2, 0.25) is 0 Å². The summed E-state index contributed by atoms with van der Waals surface area (Å²) in [4.78, 5) is 53.9. The maximum absolute atomic E-state index is 12.8. The van der Waals surface area contributed by atoms with E-state index in [-0.39, 0.29) is 11.3 Å². The molecule has 0 atom stereocenters. The molecule has 0 radical (unpaired) electrons. The number of anilines is 1. The van der Waals surface area contributed by atoms with Crippen molar-refractivity contribution in [2.75, 3.05) is 12.0 Å². The quantitative estimate of drug-likeness (QED) is 0.433. The van der Waals surface area contributed by atoms with Crippen molar-refractivity contribution in [3.63, 3.8) is 0 Å². The van der Waals surface area contributed by atoms with Gasteiger partial charge in [-0.25, -0.2) is 19.4 Å². The van der Waals surface area contributed by atoms with Crippen molar-refractivity contribution in [2.24, 2.45) is 0 Å². The first kappa shape index (κ1) is 23.1. The van der Waals surface area contributed by atoms with Crippen molar-refractivity contribution in [3.8, 4) is 0 Å². The smallest absolute Gasteiger partial charge is 0.425 e. The Kier molecular flexibility index (Phi) is 6.89. The molecule has 2 amide bonds. The summed E-state index contributed by atoms with van der Waals surface area (Å²) >= 11 is 0. The van der Waals surface area contributed by atoms with E-state index in [1.54, 1.807) is 41.5 Å². The molecule has 1 aromatic heterocycles. The predicted molar refractivity (Wildman–Crippen MR) is 101 cm³/mol. The van der Waals surface area contributed by atoms with Crippen molar-refractivity contribution >= 4 is 29.8 Å². The molecule has 1 rings (SSSR count). The third-order valence-electron chi connectivity index (χ3n) is 3.01. The lowest BCUT2D eigenvalue weighted by molar-refractivity contribution is 0.0428. The average molecular weight is 394 g/mol. The molecule has 0 aliphatic heterocycles. The molecule has 0 saturated carbocycles. The SMILES string of the molecule is COC(=O)c1ccc(C(C)=O)nc1N(C(=O)OC(C)(C)C)C(=O)OC(C)(C)C. The third kappa shape index (κ3) is 6.33. The highest BCUT2D eigenvalue weighted by Crippen LogP contribution is 2.25. The minimum atomic E-state index is -1.11. The number of pyridine rings is 1. The highest BCUT2D eigenvalue weighted by atomic mass is 16.6. The molecule has 28 heavy (non-hydrogen) atoms. The minimum Gasteiger partial charge on any atom is -0.465 e.